The molecule has 10 nitrogen and oxygen atoms in total. The van der Waals surface area contributed by atoms with Gasteiger partial charge in [0.25, 0.3) is 11.5 Å². The van der Waals surface area contributed by atoms with Gasteiger partial charge in [0, 0.05) is 23.9 Å². The molecule has 1 aromatic heterocycles. The quantitative estimate of drug-likeness (QED) is 0.235. The smallest absolute Gasteiger partial charge is 0.264 e. The zero-order chi connectivity index (χ0) is 25.6. The third-order valence-corrected chi connectivity index (χ3v) is 7.65. The first kappa shape index (κ1) is 25.9. The number of aromatic nitrogens is 2. The number of amides is 1. The zero-order valence-electron chi connectivity index (χ0n) is 19.2. The molecule has 3 rings (SSSR count). The number of hydroxylamine groups is 1. The maximum absolute atomic E-state index is 12.9. The average molecular weight is 500 g/mol. The summed E-state index contributed by atoms with van der Waals surface area (Å²) < 4.78 is 28.9. The molecular formula is C24H25N3O7S. The number of carbonyl (C=O) groups excluding carboxylic acids is 1. The molecule has 1 atom stereocenters. The normalized spacial score (nSPS) is 12.9. The van der Waals surface area contributed by atoms with Crippen LogP contribution in [-0.4, -0.2) is 58.4 Å². The van der Waals surface area contributed by atoms with Crippen molar-refractivity contribution in [2.75, 3.05) is 19.5 Å². The summed E-state index contributed by atoms with van der Waals surface area (Å²) in [7, 11) is -3.88. The molecule has 0 aliphatic rings. The lowest BCUT2D eigenvalue weighted by molar-refractivity contribution is -0.131. The van der Waals surface area contributed by atoms with Crippen molar-refractivity contribution in [1.29, 1.82) is 0 Å². The van der Waals surface area contributed by atoms with Gasteiger partial charge in [-0.1, -0.05) is 11.8 Å². The van der Waals surface area contributed by atoms with Crippen LogP contribution < -0.4 is 15.8 Å². The van der Waals surface area contributed by atoms with Crippen LogP contribution in [0.2, 0.25) is 0 Å². The summed E-state index contributed by atoms with van der Waals surface area (Å²) in [5.41, 5.74) is 2.81. The summed E-state index contributed by atoms with van der Waals surface area (Å²) in [4.78, 5) is 29.2. The van der Waals surface area contributed by atoms with Gasteiger partial charge in [-0.25, -0.2) is 18.9 Å². The monoisotopic (exact) mass is 499 g/mol. The number of aliphatic hydroxyl groups excluding tert-OH is 1. The molecule has 1 unspecified atom stereocenters. The van der Waals surface area contributed by atoms with Crippen molar-refractivity contribution in [2.24, 2.45) is 0 Å². The Morgan fingerprint density at radius 2 is 1.83 bits per heavy atom. The average Bonchev–Trinajstić information content (AvgIpc) is 2.85. The van der Waals surface area contributed by atoms with Gasteiger partial charge in [-0.15, -0.1) is 0 Å². The van der Waals surface area contributed by atoms with Gasteiger partial charge in [-0.05, 0) is 55.8 Å². The van der Waals surface area contributed by atoms with Crippen LogP contribution in [0.3, 0.4) is 0 Å². The van der Waals surface area contributed by atoms with Crippen molar-refractivity contribution in [1.82, 2.24) is 15.0 Å². The highest BCUT2D eigenvalue weighted by atomic mass is 32.2. The molecule has 11 heteroatoms. The molecule has 0 bridgehead atoms. The maximum atomic E-state index is 12.9. The Hall–Kier alpha value is -3.72. The number of rotatable bonds is 8. The van der Waals surface area contributed by atoms with Gasteiger partial charge in [0.05, 0.1) is 23.8 Å². The highest BCUT2D eigenvalue weighted by Gasteiger charge is 2.43. The predicted octanol–water partition coefficient (Wildman–Crippen LogP) is 0.866. The van der Waals surface area contributed by atoms with Gasteiger partial charge in [0.1, 0.15) is 12.4 Å². The lowest BCUT2D eigenvalue weighted by Crippen LogP contribution is -2.50. The Kier molecular flexibility index (Phi) is 7.91. The van der Waals surface area contributed by atoms with E-state index in [-0.39, 0.29) is 26.2 Å². The number of ether oxygens (including phenoxy) is 1. The van der Waals surface area contributed by atoms with E-state index in [4.69, 9.17) is 15.1 Å². The van der Waals surface area contributed by atoms with Crippen LogP contribution >= 0.6 is 0 Å². The molecule has 0 saturated heterocycles. The first-order valence-corrected chi connectivity index (χ1v) is 12.5. The van der Waals surface area contributed by atoms with Crippen molar-refractivity contribution < 1.29 is 28.3 Å². The molecular weight excluding hydrogens is 474 g/mol. The van der Waals surface area contributed by atoms with E-state index in [1.165, 1.54) is 23.3 Å². The fourth-order valence-electron chi connectivity index (χ4n) is 3.26. The summed E-state index contributed by atoms with van der Waals surface area (Å²) >= 11 is 0. The number of sulfone groups is 1. The second-order valence-electron chi connectivity index (χ2n) is 8.02. The van der Waals surface area contributed by atoms with Crippen molar-refractivity contribution in [3.05, 3.63) is 70.3 Å². The van der Waals surface area contributed by atoms with Gasteiger partial charge >= 0.3 is 0 Å². The van der Waals surface area contributed by atoms with Gasteiger partial charge < -0.3 is 9.84 Å². The van der Waals surface area contributed by atoms with E-state index in [9.17, 15) is 18.0 Å². The molecule has 1 amide bonds. The van der Waals surface area contributed by atoms with E-state index in [1.54, 1.807) is 42.5 Å². The van der Waals surface area contributed by atoms with E-state index in [0.717, 1.165) is 11.8 Å². The lowest BCUT2D eigenvalue weighted by atomic mass is 10.1. The van der Waals surface area contributed by atoms with Gasteiger partial charge in [0.2, 0.25) is 0 Å². The van der Waals surface area contributed by atoms with E-state index in [2.05, 4.69) is 16.8 Å². The molecule has 0 saturated carbocycles. The third kappa shape index (κ3) is 5.86. The standard InChI is InChI=1S/C24H25N3O7S/c1-24(23(30)26-31,35(2,32)33)11-12-27-16-25-21-15-18(7-10-20(21)22(27)29)4-3-17-5-8-19(9-6-17)34-14-13-28/h5-10,15-16,28,31H,11-14H2,1-2H3,(H,26,30). The Bertz CT molecular complexity index is 1450. The number of carbonyl (C=O) groups is 1. The molecule has 0 aliphatic heterocycles. The van der Waals surface area contributed by atoms with E-state index in [0.29, 0.717) is 22.2 Å². The van der Waals surface area contributed by atoms with Crippen LogP contribution in [0.5, 0.6) is 5.75 Å². The Balaban J connectivity index is 1.81. The number of hydrogen-bond donors (Lipinski definition) is 3. The molecule has 0 spiro atoms. The molecule has 1 heterocycles. The van der Waals surface area contributed by atoms with E-state index in [1.807, 2.05) is 0 Å². The van der Waals surface area contributed by atoms with Gasteiger partial charge in [0.15, 0.2) is 14.6 Å². The van der Waals surface area contributed by atoms with Crippen LogP contribution in [-0.2, 0) is 21.2 Å². The summed E-state index contributed by atoms with van der Waals surface area (Å²) in [6, 6.07) is 12.0. The summed E-state index contributed by atoms with van der Waals surface area (Å²) in [5, 5.41) is 18.1. The van der Waals surface area contributed by atoms with Crippen molar-refractivity contribution in [2.45, 2.75) is 24.6 Å². The molecule has 35 heavy (non-hydrogen) atoms. The van der Waals surface area contributed by atoms with Crippen molar-refractivity contribution >= 4 is 26.6 Å². The first-order chi connectivity index (χ1) is 16.6. The fourth-order valence-corrected chi connectivity index (χ4v) is 4.10. The number of nitrogens with zero attached hydrogens (tertiary/aromatic N) is 2. The lowest BCUT2D eigenvalue weighted by Gasteiger charge is -2.25. The molecule has 3 aromatic rings. The topological polar surface area (TPSA) is 148 Å². The zero-order valence-corrected chi connectivity index (χ0v) is 20.0. The number of aryl methyl sites for hydroxylation is 1. The largest absolute Gasteiger partial charge is 0.491 e. The summed E-state index contributed by atoms with van der Waals surface area (Å²) in [5.74, 6) is 5.59. The van der Waals surface area contributed by atoms with Crippen LogP contribution in [0.15, 0.2) is 53.6 Å². The summed E-state index contributed by atoms with van der Waals surface area (Å²) in [6.07, 6.45) is 1.94. The van der Waals surface area contributed by atoms with Crippen molar-refractivity contribution in [3.63, 3.8) is 0 Å². The Labute approximate surface area is 202 Å². The molecule has 0 fully saturated rings. The highest BCUT2D eigenvalue weighted by molar-refractivity contribution is 7.92. The second kappa shape index (κ2) is 10.7. The first-order valence-electron chi connectivity index (χ1n) is 10.6. The molecule has 184 valence electrons. The maximum Gasteiger partial charge on any atom is 0.264 e. The fraction of sp³-hybridized carbons (Fsp3) is 0.292. The SMILES string of the molecule is CC(CCn1cnc2cc(C#Cc3ccc(OCCO)cc3)ccc2c1=O)(C(=O)NO)S(C)(=O)=O. The minimum atomic E-state index is -3.88. The third-order valence-electron chi connectivity index (χ3n) is 5.62. The van der Waals surface area contributed by atoms with Crippen LogP contribution in [0.25, 0.3) is 10.9 Å². The molecule has 3 N–H and O–H groups in total. The van der Waals surface area contributed by atoms with Crippen LogP contribution in [0.1, 0.15) is 24.5 Å². The number of hydrogen-bond acceptors (Lipinski definition) is 8. The molecule has 0 aliphatic carbocycles. The molecule has 2 aromatic carbocycles. The van der Waals surface area contributed by atoms with E-state index >= 15 is 0 Å². The van der Waals surface area contributed by atoms with Crippen molar-refractivity contribution in [3.8, 4) is 17.6 Å². The predicted molar refractivity (Wildman–Crippen MR) is 129 cm³/mol. The minimum absolute atomic E-state index is 0.0659. The molecule has 0 radical (unpaired) electrons. The number of benzene rings is 2. The Morgan fingerprint density at radius 1 is 1.17 bits per heavy atom. The van der Waals surface area contributed by atoms with Crippen LogP contribution in [0, 0.1) is 11.8 Å². The minimum Gasteiger partial charge on any atom is -0.491 e. The van der Waals surface area contributed by atoms with Gasteiger partial charge in [-0.2, -0.15) is 0 Å². The van der Waals surface area contributed by atoms with Crippen LogP contribution in [0.4, 0.5) is 0 Å². The highest BCUT2D eigenvalue weighted by Crippen LogP contribution is 2.22. The van der Waals surface area contributed by atoms with Gasteiger partial charge in [-0.3, -0.25) is 19.4 Å². The number of aliphatic hydroxyl groups is 1. The Morgan fingerprint density at radius 3 is 2.46 bits per heavy atom. The van der Waals surface area contributed by atoms with E-state index < -0.39 is 26.1 Å². The summed E-state index contributed by atoms with van der Waals surface area (Å²) in [6.45, 7) is 1.24. The number of fused-ring (bicyclic) bond motifs is 1. The second-order valence-corrected chi connectivity index (χ2v) is 10.5. The number of nitrogens with one attached hydrogen (secondary N) is 1.